The van der Waals surface area contributed by atoms with Crippen LogP contribution < -0.4 is 14.8 Å². The molecule has 1 heterocycles. The number of sulfonamides is 1. The molecule has 2 N–H and O–H groups in total. The number of halogens is 1. The lowest BCUT2D eigenvalue weighted by Crippen LogP contribution is -2.37. The van der Waals surface area contributed by atoms with Gasteiger partial charge in [0.15, 0.2) is 0 Å². The lowest BCUT2D eigenvalue weighted by atomic mass is 10.1. The van der Waals surface area contributed by atoms with Crippen LogP contribution in [0.2, 0.25) is 0 Å². The van der Waals surface area contributed by atoms with E-state index in [1.165, 1.54) is 0 Å². The Hall–Kier alpha value is -1.34. The van der Waals surface area contributed by atoms with Gasteiger partial charge in [0.05, 0.1) is 12.0 Å². The Labute approximate surface area is 142 Å². The molecule has 1 atom stereocenters. The molecule has 0 aliphatic carbocycles. The SMILES string of the molecule is COc1ccc(S(=O)(=O)NCC2CCCN2)c2ccccc12.Cl. The molecule has 0 bridgehead atoms. The normalized spacial score (nSPS) is 17.9. The van der Waals surface area contributed by atoms with Crippen LogP contribution in [0.25, 0.3) is 10.8 Å². The minimum atomic E-state index is -3.54. The van der Waals surface area contributed by atoms with Gasteiger partial charge >= 0.3 is 0 Å². The van der Waals surface area contributed by atoms with Gasteiger partial charge in [-0.25, -0.2) is 13.1 Å². The molecule has 7 heteroatoms. The predicted molar refractivity (Wildman–Crippen MR) is 94.0 cm³/mol. The summed E-state index contributed by atoms with van der Waals surface area (Å²) in [6, 6.07) is 10.9. The molecule has 5 nitrogen and oxygen atoms in total. The van der Waals surface area contributed by atoms with E-state index in [9.17, 15) is 8.42 Å². The number of hydrogen-bond acceptors (Lipinski definition) is 4. The molecular weight excluding hydrogens is 336 g/mol. The Balaban J connectivity index is 0.00000192. The molecule has 1 fully saturated rings. The van der Waals surface area contributed by atoms with Gasteiger partial charge in [-0.2, -0.15) is 0 Å². The van der Waals surface area contributed by atoms with Crippen LogP contribution in [-0.2, 0) is 10.0 Å². The maximum atomic E-state index is 12.6. The van der Waals surface area contributed by atoms with Crippen molar-refractivity contribution in [1.82, 2.24) is 10.0 Å². The highest BCUT2D eigenvalue weighted by molar-refractivity contribution is 7.89. The lowest BCUT2D eigenvalue weighted by molar-refractivity contribution is 0.419. The Morgan fingerprint density at radius 3 is 2.61 bits per heavy atom. The molecular formula is C16H21ClN2O3S. The second kappa shape index (κ2) is 7.49. The summed E-state index contributed by atoms with van der Waals surface area (Å²) in [4.78, 5) is 0.293. The number of ether oxygens (including phenoxy) is 1. The van der Waals surface area contributed by atoms with E-state index in [1.54, 1.807) is 25.3 Å². The van der Waals surface area contributed by atoms with Crippen LogP contribution in [0.1, 0.15) is 12.8 Å². The summed E-state index contributed by atoms with van der Waals surface area (Å²) in [5, 5.41) is 4.76. The minimum Gasteiger partial charge on any atom is -0.496 e. The predicted octanol–water partition coefficient (Wildman–Crippen LogP) is 2.30. The quantitative estimate of drug-likeness (QED) is 0.862. The molecule has 0 radical (unpaired) electrons. The van der Waals surface area contributed by atoms with Crippen molar-refractivity contribution in [2.45, 2.75) is 23.8 Å². The number of nitrogens with one attached hydrogen (secondary N) is 2. The molecule has 1 aliphatic rings. The van der Waals surface area contributed by atoms with E-state index in [4.69, 9.17) is 4.74 Å². The van der Waals surface area contributed by atoms with E-state index in [1.807, 2.05) is 18.2 Å². The van der Waals surface area contributed by atoms with Gasteiger partial charge in [-0.15, -0.1) is 12.4 Å². The molecule has 2 aromatic rings. The first-order chi connectivity index (χ1) is 10.6. The van der Waals surface area contributed by atoms with E-state index in [-0.39, 0.29) is 18.4 Å². The Kier molecular flexibility index (Phi) is 5.86. The van der Waals surface area contributed by atoms with E-state index in [0.29, 0.717) is 22.6 Å². The highest BCUT2D eigenvalue weighted by Crippen LogP contribution is 2.30. The average Bonchev–Trinajstić information content (AvgIpc) is 3.05. The van der Waals surface area contributed by atoms with Gasteiger partial charge < -0.3 is 10.1 Å². The summed E-state index contributed by atoms with van der Waals surface area (Å²) in [5.74, 6) is 0.673. The Morgan fingerprint density at radius 2 is 1.96 bits per heavy atom. The number of fused-ring (bicyclic) bond motifs is 1. The fourth-order valence-corrected chi connectivity index (χ4v) is 4.17. The standard InChI is InChI=1S/C16H20N2O3S.ClH/c1-21-15-8-9-16(14-7-3-2-6-13(14)15)22(19,20)18-11-12-5-4-10-17-12;/h2-3,6-9,12,17-18H,4-5,10-11H2,1H3;1H. The van der Waals surface area contributed by atoms with Crippen molar-refractivity contribution in [3.05, 3.63) is 36.4 Å². The molecule has 23 heavy (non-hydrogen) atoms. The number of benzene rings is 2. The number of rotatable bonds is 5. The third kappa shape index (κ3) is 3.77. The zero-order valence-electron chi connectivity index (χ0n) is 12.9. The van der Waals surface area contributed by atoms with Crippen molar-refractivity contribution in [3.8, 4) is 5.75 Å². The third-order valence-corrected chi connectivity index (χ3v) is 5.52. The highest BCUT2D eigenvalue weighted by Gasteiger charge is 2.21. The summed E-state index contributed by atoms with van der Waals surface area (Å²) < 4.78 is 33.3. The van der Waals surface area contributed by atoms with Crippen molar-refractivity contribution in [2.24, 2.45) is 0 Å². The maximum absolute atomic E-state index is 12.6. The molecule has 0 spiro atoms. The average molecular weight is 357 g/mol. The lowest BCUT2D eigenvalue weighted by Gasteiger charge is -2.14. The topological polar surface area (TPSA) is 67.4 Å². The third-order valence-electron chi connectivity index (χ3n) is 4.04. The summed E-state index contributed by atoms with van der Waals surface area (Å²) in [6.07, 6.45) is 2.10. The molecule has 1 unspecified atom stereocenters. The number of methoxy groups -OCH3 is 1. The van der Waals surface area contributed by atoms with E-state index < -0.39 is 10.0 Å². The van der Waals surface area contributed by atoms with Gasteiger partial charge in [0.2, 0.25) is 10.0 Å². The van der Waals surface area contributed by atoms with Gasteiger partial charge in [-0.1, -0.05) is 24.3 Å². The zero-order valence-corrected chi connectivity index (χ0v) is 14.5. The van der Waals surface area contributed by atoms with Gasteiger partial charge in [-0.05, 0) is 31.5 Å². The van der Waals surface area contributed by atoms with E-state index in [2.05, 4.69) is 10.0 Å². The molecule has 1 saturated heterocycles. The largest absolute Gasteiger partial charge is 0.496 e. The molecule has 0 amide bonds. The summed E-state index contributed by atoms with van der Waals surface area (Å²) in [5.41, 5.74) is 0. The van der Waals surface area contributed by atoms with Crippen LogP contribution in [0.3, 0.4) is 0 Å². The van der Waals surface area contributed by atoms with Gasteiger partial charge in [0.25, 0.3) is 0 Å². The van der Waals surface area contributed by atoms with Crippen molar-refractivity contribution in [1.29, 1.82) is 0 Å². The number of hydrogen-bond donors (Lipinski definition) is 2. The van der Waals surface area contributed by atoms with Crippen molar-refractivity contribution >= 4 is 33.2 Å². The first-order valence-corrected chi connectivity index (χ1v) is 8.89. The Morgan fingerprint density at radius 1 is 1.22 bits per heavy atom. The molecule has 1 aliphatic heterocycles. The van der Waals surface area contributed by atoms with Crippen molar-refractivity contribution in [2.75, 3.05) is 20.2 Å². The first kappa shape index (κ1) is 18.0. The van der Waals surface area contributed by atoms with Crippen LogP contribution in [0.5, 0.6) is 5.75 Å². The first-order valence-electron chi connectivity index (χ1n) is 7.40. The van der Waals surface area contributed by atoms with Crippen molar-refractivity contribution in [3.63, 3.8) is 0 Å². The van der Waals surface area contributed by atoms with Gasteiger partial charge in [0, 0.05) is 23.4 Å². The second-order valence-electron chi connectivity index (χ2n) is 5.46. The Bertz CT molecular complexity index is 774. The fraction of sp³-hybridized carbons (Fsp3) is 0.375. The van der Waals surface area contributed by atoms with E-state index >= 15 is 0 Å². The van der Waals surface area contributed by atoms with Crippen LogP contribution in [0.15, 0.2) is 41.3 Å². The molecule has 126 valence electrons. The molecule has 0 aromatic heterocycles. The van der Waals surface area contributed by atoms with Gasteiger partial charge in [-0.3, -0.25) is 0 Å². The highest BCUT2D eigenvalue weighted by atomic mass is 35.5. The molecule has 3 rings (SSSR count). The van der Waals surface area contributed by atoms with Crippen molar-refractivity contribution < 1.29 is 13.2 Å². The maximum Gasteiger partial charge on any atom is 0.241 e. The van der Waals surface area contributed by atoms with Crippen LogP contribution in [0.4, 0.5) is 0 Å². The fourth-order valence-electron chi connectivity index (χ4n) is 2.88. The van der Waals surface area contributed by atoms with Crippen LogP contribution >= 0.6 is 12.4 Å². The minimum absolute atomic E-state index is 0. The molecule has 0 saturated carbocycles. The zero-order chi connectivity index (χ0) is 15.6. The van der Waals surface area contributed by atoms with Gasteiger partial charge in [0.1, 0.15) is 5.75 Å². The summed E-state index contributed by atoms with van der Waals surface area (Å²) in [6.45, 7) is 1.38. The smallest absolute Gasteiger partial charge is 0.241 e. The van der Waals surface area contributed by atoms with Crippen LogP contribution in [0, 0.1) is 0 Å². The van der Waals surface area contributed by atoms with Crippen LogP contribution in [-0.4, -0.2) is 34.7 Å². The molecule has 2 aromatic carbocycles. The summed E-state index contributed by atoms with van der Waals surface area (Å²) >= 11 is 0. The summed E-state index contributed by atoms with van der Waals surface area (Å²) in [7, 11) is -1.96. The van der Waals surface area contributed by atoms with E-state index in [0.717, 1.165) is 24.8 Å². The monoisotopic (exact) mass is 356 g/mol. The second-order valence-corrected chi connectivity index (χ2v) is 7.19.